The van der Waals surface area contributed by atoms with E-state index in [1.54, 1.807) is 53.3 Å². The Kier molecular flexibility index (Phi) is 10.8. The molecule has 5 aromatic heterocycles. The molecule has 0 radical (unpaired) electrons. The van der Waals surface area contributed by atoms with Gasteiger partial charge >= 0.3 is 0 Å². The van der Waals surface area contributed by atoms with Gasteiger partial charge in [0.2, 0.25) is 17.8 Å². The van der Waals surface area contributed by atoms with E-state index < -0.39 is 18.1 Å². The molecule has 3 N–H and O–H groups in total. The molecule has 1 aliphatic carbocycles. The number of carbonyl (C=O) groups is 2. The van der Waals surface area contributed by atoms with Crippen LogP contribution in [0, 0.1) is 24.7 Å². The Hall–Kier alpha value is -6.10. The summed E-state index contributed by atoms with van der Waals surface area (Å²) in [5, 5.41) is 38.4. The lowest BCUT2D eigenvalue weighted by Crippen LogP contribution is -2.54. The Bertz CT molecular complexity index is 2790. The zero-order valence-corrected chi connectivity index (χ0v) is 36.9. The number of aryl methyl sites for hydroxylation is 1. The SMILES string of the molecule is Cc1ncsc1-c1ccc([C@H](C)NC(=O)[C@@H]2C[C@@H](O)CN2C(=O)[C@@H](c2cc(-c3cnc(N4C[C@H]5C[C@@H](C4)C5c4cc5cc(-c6ccccc6O)nnc5s4)nc3)no2)C(C)C)cc1. The summed E-state index contributed by atoms with van der Waals surface area (Å²) >= 11 is 3.29. The first-order valence-corrected chi connectivity index (χ1v) is 23.1. The van der Waals surface area contributed by atoms with Gasteiger partial charge in [-0.15, -0.1) is 32.9 Å². The molecule has 4 fully saturated rings. The van der Waals surface area contributed by atoms with E-state index in [0.29, 0.717) is 52.0 Å². The molecular formula is C47H47N9O5S2. The van der Waals surface area contributed by atoms with E-state index in [1.807, 2.05) is 75.7 Å². The first-order valence-electron chi connectivity index (χ1n) is 21.4. The predicted octanol–water partition coefficient (Wildman–Crippen LogP) is 7.76. The number of nitrogens with one attached hydrogen (secondary N) is 1. The minimum absolute atomic E-state index is 0.0488. The van der Waals surface area contributed by atoms with Gasteiger partial charge in [0.05, 0.1) is 33.9 Å². The molecule has 322 valence electrons. The number of nitrogens with zero attached hydrogens (tertiary/aromatic N) is 8. The van der Waals surface area contributed by atoms with Crippen LogP contribution in [0.2, 0.25) is 0 Å². The van der Waals surface area contributed by atoms with Crippen LogP contribution in [0.25, 0.3) is 43.2 Å². The molecule has 7 aromatic rings. The van der Waals surface area contributed by atoms with Crippen LogP contribution in [0.5, 0.6) is 5.75 Å². The number of phenols is 1. The number of aromatic hydroxyl groups is 1. The normalized spacial score (nSPS) is 21.7. The predicted molar refractivity (Wildman–Crippen MR) is 241 cm³/mol. The molecule has 3 aliphatic heterocycles. The number of carbonyl (C=O) groups excluding carboxylic acids is 2. The average Bonchev–Trinajstić information content (AvgIpc) is 4.11. The van der Waals surface area contributed by atoms with Gasteiger partial charge in [0.25, 0.3) is 0 Å². The maximum absolute atomic E-state index is 14.3. The van der Waals surface area contributed by atoms with Crippen molar-refractivity contribution in [2.75, 3.05) is 24.5 Å². The number of likely N-dealkylation sites (tertiary alicyclic amines) is 1. The maximum atomic E-state index is 14.3. The van der Waals surface area contributed by atoms with Gasteiger partial charge in [0.15, 0.2) is 0 Å². The number of rotatable bonds is 11. The number of phenolic OH excluding ortho intramolecular Hbond substituents is 1. The van der Waals surface area contributed by atoms with Gasteiger partial charge < -0.3 is 29.9 Å². The van der Waals surface area contributed by atoms with Crippen LogP contribution in [-0.4, -0.2) is 89.0 Å². The van der Waals surface area contributed by atoms with Crippen LogP contribution in [0.1, 0.15) is 73.4 Å². The second-order valence-electron chi connectivity index (χ2n) is 17.5. The topological polar surface area (TPSA) is 184 Å². The number of anilines is 1. The smallest absolute Gasteiger partial charge is 0.243 e. The van der Waals surface area contributed by atoms with E-state index >= 15 is 0 Å². The highest BCUT2D eigenvalue weighted by Gasteiger charge is 2.49. The third-order valence-electron chi connectivity index (χ3n) is 13.0. The van der Waals surface area contributed by atoms with Crippen molar-refractivity contribution >= 4 is 50.7 Å². The molecule has 0 spiro atoms. The van der Waals surface area contributed by atoms with E-state index in [4.69, 9.17) is 14.5 Å². The average molecular weight is 882 g/mol. The second-order valence-corrected chi connectivity index (χ2v) is 19.4. The van der Waals surface area contributed by atoms with Gasteiger partial charge in [-0.1, -0.05) is 55.4 Å². The number of thiazole rings is 1. The van der Waals surface area contributed by atoms with E-state index in [-0.39, 0.29) is 42.5 Å². The number of β-amino-alcohol motifs (C(OH)–C–C–N with tert-alkyl or cyclic N) is 1. The molecule has 1 unspecified atom stereocenters. The van der Waals surface area contributed by atoms with Crippen molar-refractivity contribution in [1.82, 2.24) is 40.5 Å². The number of aliphatic hydroxyl groups excluding tert-OH is 1. The number of hydrogen-bond acceptors (Lipinski definition) is 14. The number of amides is 2. The molecule has 3 saturated heterocycles. The number of fused-ring (bicyclic) bond motifs is 3. The minimum Gasteiger partial charge on any atom is -0.507 e. The van der Waals surface area contributed by atoms with Crippen LogP contribution < -0.4 is 10.2 Å². The molecule has 2 aromatic carbocycles. The van der Waals surface area contributed by atoms with Gasteiger partial charge in [-0.25, -0.2) is 15.0 Å². The standard InChI is InChI=1S/C47H47N9O5S2/c1-24(2)41(46(60)56-22-33(57)16-37(56)44(59)51-25(3)27-9-11-28(12-10-27)43-26(4)50-23-62-43)39-17-35(54-61-39)32-18-48-47(49-19-32)55-20-30-13-31(21-55)42(30)40-15-29-14-36(52-53-45(29)63-40)34-7-5-6-8-38(34)58/h5-12,14-15,17-19,23-25,30-31,33,37,41-42,57-58H,13,16,20-22H2,1-4H3,(H,51,59)/t25-,30-,31+,33+,37-,41+,42?/m0/s1. The Morgan fingerprint density at radius 2 is 1.65 bits per heavy atom. The summed E-state index contributed by atoms with van der Waals surface area (Å²) in [4.78, 5) is 49.0. The molecule has 1 saturated carbocycles. The van der Waals surface area contributed by atoms with E-state index in [9.17, 15) is 19.8 Å². The van der Waals surface area contributed by atoms with Crippen LogP contribution in [0.3, 0.4) is 0 Å². The van der Waals surface area contributed by atoms with Crippen LogP contribution >= 0.6 is 22.7 Å². The molecule has 14 nitrogen and oxygen atoms in total. The highest BCUT2D eigenvalue weighted by Crippen LogP contribution is 2.54. The van der Waals surface area contributed by atoms with Crippen LogP contribution in [0.4, 0.5) is 5.95 Å². The lowest BCUT2D eigenvalue weighted by atomic mass is 9.61. The largest absolute Gasteiger partial charge is 0.507 e. The first kappa shape index (κ1) is 40.9. The summed E-state index contributed by atoms with van der Waals surface area (Å²) in [6.45, 7) is 9.50. The summed E-state index contributed by atoms with van der Waals surface area (Å²) in [5.41, 5.74) is 7.31. The number of thiophene rings is 1. The molecule has 4 aliphatic rings. The van der Waals surface area contributed by atoms with E-state index in [2.05, 4.69) is 36.6 Å². The molecule has 2 bridgehead atoms. The summed E-state index contributed by atoms with van der Waals surface area (Å²) in [5.74, 6) is 1.08. The van der Waals surface area contributed by atoms with E-state index in [0.717, 1.165) is 51.4 Å². The lowest BCUT2D eigenvalue weighted by Gasteiger charge is -2.53. The third kappa shape index (κ3) is 7.73. The van der Waals surface area contributed by atoms with Crippen LogP contribution in [-0.2, 0) is 9.59 Å². The zero-order chi connectivity index (χ0) is 43.5. The van der Waals surface area contributed by atoms with Crippen molar-refractivity contribution in [3.8, 4) is 38.7 Å². The molecule has 8 heterocycles. The van der Waals surface area contributed by atoms with Crippen molar-refractivity contribution in [1.29, 1.82) is 0 Å². The fraction of sp³-hybridized carbons (Fsp3) is 0.362. The van der Waals surface area contributed by atoms with Crippen molar-refractivity contribution in [3.05, 3.63) is 107 Å². The van der Waals surface area contributed by atoms with Gasteiger partial charge in [-0.3, -0.25) is 9.59 Å². The molecule has 11 rings (SSSR count). The lowest BCUT2D eigenvalue weighted by molar-refractivity contribution is -0.141. The Morgan fingerprint density at radius 1 is 0.889 bits per heavy atom. The Balaban J connectivity index is 0.782. The molecule has 2 amide bonds. The van der Waals surface area contributed by atoms with Gasteiger partial charge in [-0.05, 0) is 73.4 Å². The van der Waals surface area contributed by atoms with E-state index in [1.165, 1.54) is 9.78 Å². The number of aliphatic hydroxyl groups is 1. The summed E-state index contributed by atoms with van der Waals surface area (Å²) in [7, 11) is 0. The highest BCUT2D eigenvalue weighted by molar-refractivity contribution is 7.18. The van der Waals surface area contributed by atoms with Crippen molar-refractivity contribution in [3.63, 3.8) is 0 Å². The van der Waals surface area contributed by atoms with Crippen molar-refractivity contribution in [2.24, 2.45) is 17.8 Å². The molecule has 63 heavy (non-hydrogen) atoms. The molecule has 7 atom stereocenters. The zero-order valence-electron chi connectivity index (χ0n) is 35.3. The van der Waals surface area contributed by atoms with Crippen molar-refractivity contribution in [2.45, 2.75) is 70.6 Å². The summed E-state index contributed by atoms with van der Waals surface area (Å²) < 4.78 is 5.84. The fourth-order valence-electron chi connectivity index (χ4n) is 9.68. The van der Waals surface area contributed by atoms with Gasteiger partial charge in [0.1, 0.15) is 34.0 Å². The Labute approximate surface area is 372 Å². The van der Waals surface area contributed by atoms with Gasteiger partial charge in [0, 0.05) is 71.8 Å². The van der Waals surface area contributed by atoms with Crippen molar-refractivity contribution < 1.29 is 24.3 Å². The summed E-state index contributed by atoms with van der Waals surface area (Å²) in [6, 6.07) is 20.1. The fourth-order valence-corrected chi connectivity index (χ4v) is 11.7. The number of para-hydroxylation sites is 1. The minimum atomic E-state index is -0.835. The van der Waals surface area contributed by atoms with Crippen LogP contribution in [0.15, 0.2) is 89.2 Å². The summed E-state index contributed by atoms with van der Waals surface area (Å²) in [6.07, 6.45) is 3.96. The number of aromatic nitrogens is 6. The Morgan fingerprint density at radius 3 is 2.37 bits per heavy atom. The quantitative estimate of drug-likeness (QED) is 0.115. The highest BCUT2D eigenvalue weighted by atomic mass is 32.1. The second kappa shape index (κ2) is 16.5. The molecular weight excluding hydrogens is 835 g/mol. The van der Waals surface area contributed by atoms with Gasteiger partial charge in [-0.2, -0.15) is 0 Å². The first-order chi connectivity index (χ1) is 30.5. The number of hydrogen-bond donors (Lipinski definition) is 3. The third-order valence-corrected chi connectivity index (χ3v) is 15.1. The number of piperidine rings is 2. The number of benzene rings is 2. The maximum Gasteiger partial charge on any atom is 0.243 e. The molecule has 16 heteroatoms. The monoisotopic (exact) mass is 881 g/mol.